The van der Waals surface area contributed by atoms with Crippen LogP contribution in [0.5, 0.6) is 28.7 Å². The molecule has 3 heterocycles. The summed E-state index contributed by atoms with van der Waals surface area (Å²) in [7, 11) is 4.60. The van der Waals surface area contributed by atoms with E-state index in [4.69, 9.17) is 40.0 Å². The maximum atomic E-state index is 13.6. The van der Waals surface area contributed by atoms with Crippen molar-refractivity contribution in [2.75, 3.05) is 34.7 Å². The Morgan fingerprint density at radius 1 is 0.977 bits per heavy atom. The first-order valence-corrected chi connectivity index (χ1v) is 14.2. The Bertz CT molecular complexity index is 1770. The average Bonchev–Trinajstić information content (AvgIpc) is 3.80. The van der Waals surface area contributed by atoms with Gasteiger partial charge in [0.15, 0.2) is 28.7 Å². The van der Waals surface area contributed by atoms with Gasteiger partial charge in [-0.1, -0.05) is 22.9 Å². The van der Waals surface area contributed by atoms with Crippen LogP contribution in [0, 0.1) is 11.8 Å². The van der Waals surface area contributed by atoms with Crippen LogP contribution in [-0.2, 0) is 9.53 Å². The second-order valence-electron chi connectivity index (χ2n) is 10.6. The van der Waals surface area contributed by atoms with Gasteiger partial charge in [0.1, 0.15) is 0 Å². The molecular weight excluding hydrogens is 592 g/mol. The SMILES string of the molecule is COc1cc([C@@H]2c3cc4c(cc3[C@@H](NC(=O)c3cn(-c5cccc(Cl)c5)nn3)[C@H]3COC(=O)[C@H]23)OCO4)cc(OC)c1OC. The van der Waals surface area contributed by atoms with Crippen molar-refractivity contribution in [2.45, 2.75) is 12.0 Å². The van der Waals surface area contributed by atoms with E-state index in [1.165, 1.54) is 32.2 Å². The van der Waals surface area contributed by atoms with Crippen molar-refractivity contribution in [2.24, 2.45) is 11.8 Å². The predicted molar refractivity (Wildman–Crippen MR) is 155 cm³/mol. The standard InChI is InChI=1S/C31H27ClN4O8/c1-39-24-7-15(8-25(40-2)29(24)41-3)26-18-10-22-23(44-14-43-22)11-19(18)28(20-13-42-31(38)27(20)26)33-30(37)21-12-36(35-34-21)17-6-4-5-16(32)9-17/h4-12,20,26-28H,13-14H2,1-3H3,(H,33,37)/t20-,26+,27-,28+/m0/s1. The largest absolute Gasteiger partial charge is 0.493 e. The number of esters is 1. The Morgan fingerprint density at radius 3 is 2.39 bits per heavy atom. The molecule has 13 heteroatoms. The van der Waals surface area contributed by atoms with E-state index in [9.17, 15) is 9.59 Å². The van der Waals surface area contributed by atoms with Crippen LogP contribution in [-0.4, -0.2) is 61.6 Å². The van der Waals surface area contributed by atoms with Crippen LogP contribution in [0.15, 0.2) is 54.7 Å². The third kappa shape index (κ3) is 4.53. The van der Waals surface area contributed by atoms with Crippen LogP contribution >= 0.6 is 11.6 Å². The van der Waals surface area contributed by atoms with Crippen LogP contribution in [0.1, 0.15) is 39.1 Å². The molecule has 1 aliphatic carbocycles. The summed E-state index contributed by atoms with van der Waals surface area (Å²) in [4.78, 5) is 27.1. The Morgan fingerprint density at radius 2 is 1.70 bits per heavy atom. The van der Waals surface area contributed by atoms with Crippen LogP contribution in [0.4, 0.5) is 0 Å². The number of rotatable bonds is 7. The van der Waals surface area contributed by atoms with Crippen molar-refractivity contribution in [3.63, 3.8) is 0 Å². The number of methoxy groups -OCH3 is 3. The number of amides is 1. The highest BCUT2D eigenvalue weighted by molar-refractivity contribution is 6.30. The van der Waals surface area contributed by atoms with Gasteiger partial charge in [-0.25, -0.2) is 4.68 Å². The monoisotopic (exact) mass is 618 g/mol. The minimum absolute atomic E-state index is 0.0611. The van der Waals surface area contributed by atoms with Crippen molar-refractivity contribution < 1.29 is 38.0 Å². The molecule has 4 aromatic rings. The first kappa shape index (κ1) is 27.8. The molecular formula is C31H27ClN4O8. The fraction of sp³-hybridized carbons (Fsp3) is 0.290. The van der Waals surface area contributed by atoms with E-state index in [-0.39, 0.29) is 25.1 Å². The van der Waals surface area contributed by atoms with Gasteiger partial charge >= 0.3 is 5.97 Å². The number of benzene rings is 3. The predicted octanol–water partition coefficient (Wildman–Crippen LogP) is 4.08. The number of ether oxygens (including phenoxy) is 6. The lowest BCUT2D eigenvalue weighted by Crippen LogP contribution is -2.43. The third-order valence-electron chi connectivity index (χ3n) is 8.32. The Balaban J connectivity index is 1.32. The fourth-order valence-electron chi connectivity index (χ4n) is 6.36. The van der Waals surface area contributed by atoms with Crippen molar-refractivity contribution in [1.29, 1.82) is 0 Å². The van der Waals surface area contributed by atoms with Gasteiger partial charge in [-0.2, -0.15) is 0 Å². The molecule has 1 amide bonds. The lowest BCUT2D eigenvalue weighted by molar-refractivity contribution is -0.141. The molecule has 0 unspecified atom stereocenters. The van der Waals surface area contributed by atoms with Crippen molar-refractivity contribution in [1.82, 2.24) is 20.3 Å². The number of hydrogen-bond donors (Lipinski definition) is 1. The number of hydrogen-bond acceptors (Lipinski definition) is 10. The molecule has 0 radical (unpaired) electrons. The summed E-state index contributed by atoms with van der Waals surface area (Å²) in [6.07, 6.45) is 1.52. The molecule has 3 aliphatic rings. The summed E-state index contributed by atoms with van der Waals surface area (Å²) in [5, 5.41) is 11.8. The average molecular weight is 619 g/mol. The number of cyclic esters (lactones) is 1. The zero-order chi connectivity index (χ0) is 30.5. The quantitative estimate of drug-likeness (QED) is 0.302. The minimum atomic E-state index is -0.641. The smallest absolute Gasteiger partial charge is 0.310 e. The zero-order valence-corrected chi connectivity index (χ0v) is 24.7. The topological polar surface area (TPSA) is 132 Å². The lowest BCUT2D eigenvalue weighted by Gasteiger charge is -2.39. The van der Waals surface area contributed by atoms with E-state index >= 15 is 0 Å². The molecule has 12 nitrogen and oxygen atoms in total. The van der Waals surface area contributed by atoms with Gasteiger partial charge in [0.2, 0.25) is 12.5 Å². The molecule has 4 atom stereocenters. The number of carbonyl (C=O) groups is 2. The second kappa shape index (κ2) is 10.9. The normalized spacial score (nSPS) is 21.2. The van der Waals surface area contributed by atoms with Crippen LogP contribution < -0.4 is 29.0 Å². The van der Waals surface area contributed by atoms with Gasteiger partial charge in [0.25, 0.3) is 5.91 Å². The van der Waals surface area contributed by atoms with Crippen molar-refractivity contribution in [3.05, 3.63) is 82.1 Å². The number of aromatic nitrogens is 3. The van der Waals surface area contributed by atoms with Gasteiger partial charge in [-0.05, 0) is 59.2 Å². The summed E-state index contributed by atoms with van der Waals surface area (Å²) in [5.74, 6) is 0.0503. The molecule has 1 N–H and O–H groups in total. The third-order valence-corrected chi connectivity index (χ3v) is 8.55. The fourth-order valence-corrected chi connectivity index (χ4v) is 6.54. The first-order valence-electron chi connectivity index (χ1n) is 13.8. The number of halogens is 1. The van der Waals surface area contributed by atoms with Gasteiger partial charge in [0.05, 0.1) is 51.8 Å². The number of nitrogens with zero attached hydrogens (tertiary/aromatic N) is 3. The van der Waals surface area contributed by atoms with E-state index in [0.717, 1.165) is 16.7 Å². The summed E-state index contributed by atoms with van der Waals surface area (Å²) in [5.41, 5.74) is 3.05. The molecule has 1 saturated heterocycles. The molecule has 2 aliphatic heterocycles. The van der Waals surface area contributed by atoms with Gasteiger partial charge in [-0.3, -0.25) is 9.59 Å². The number of carbonyl (C=O) groups excluding carboxylic acids is 2. The van der Waals surface area contributed by atoms with E-state index < -0.39 is 29.7 Å². The van der Waals surface area contributed by atoms with E-state index in [1.807, 2.05) is 24.3 Å². The molecule has 44 heavy (non-hydrogen) atoms. The van der Waals surface area contributed by atoms with Gasteiger partial charge in [0, 0.05) is 16.9 Å². The van der Waals surface area contributed by atoms with Gasteiger partial charge in [-0.15, -0.1) is 5.10 Å². The molecule has 0 spiro atoms. The number of fused-ring (bicyclic) bond motifs is 3. The molecule has 7 rings (SSSR count). The highest BCUT2D eigenvalue weighted by atomic mass is 35.5. The second-order valence-corrected chi connectivity index (χ2v) is 11.0. The summed E-state index contributed by atoms with van der Waals surface area (Å²) in [6, 6.07) is 13.8. The molecule has 1 aromatic heterocycles. The van der Waals surface area contributed by atoms with Crippen LogP contribution in [0.2, 0.25) is 5.02 Å². The zero-order valence-electron chi connectivity index (χ0n) is 23.9. The Labute approximate surface area is 256 Å². The van der Waals surface area contributed by atoms with Crippen molar-refractivity contribution >= 4 is 23.5 Å². The lowest BCUT2D eigenvalue weighted by atomic mass is 9.65. The van der Waals surface area contributed by atoms with E-state index in [1.54, 1.807) is 24.3 Å². The Hall–Kier alpha value is -4.97. The molecule has 226 valence electrons. The maximum absolute atomic E-state index is 13.6. The minimum Gasteiger partial charge on any atom is -0.493 e. The molecule has 3 aromatic carbocycles. The summed E-state index contributed by atoms with van der Waals surface area (Å²) >= 11 is 6.13. The highest BCUT2D eigenvalue weighted by Gasteiger charge is 2.53. The van der Waals surface area contributed by atoms with Crippen LogP contribution in [0.25, 0.3) is 5.69 Å². The number of nitrogens with one attached hydrogen (secondary N) is 1. The Kier molecular flexibility index (Phi) is 6.92. The summed E-state index contributed by atoms with van der Waals surface area (Å²) in [6.45, 7) is 0.171. The van der Waals surface area contributed by atoms with Gasteiger partial charge < -0.3 is 33.7 Å². The van der Waals surface area contributed by atoms with E-state index in [2.05, 4.69) is 15.6 Å². The highest BCUT2D eigenvalue weighted by Crippen LogP contribution is 2.55. The maximum Gasteiger partial charge on any atom is 0.310 e. The van der Waals surface area contributed by atoms with Crippen molar-refractivity contribution in [3.8, 4) is 34.4 Å². The van der Waals surface area contributed by atoms with Crippen LogP contribution in [0.3, 0.4) is 0 Å². The molecule has 0 bridgehead atoms. The van der Waals surface area contributed by atoms with E-state index in [0.29, 0.717) is 39.5 Å². The summed E-state index contributed by atoms with van der Waals surface area (Å²) < 4.78 is 35.3. The molecule has 0 saturated carbocycles. The molecule has 1 fully saturated rings. The first-order chi connectivity index (χ1) is 21.4.